The van der Waals surface area contributed by atoms with Crippen molar-refractivity contribution in [2.45, 2.75) is 6.54 Å². The van der Waals surface area contributed by atoms with Gasteiger partial charge >= 0.3 is 0 Å². The molecule has 1 N–H and O–H groups in total. The van der Waals surface area contributed by atoms with Crippen LogP contribution in [0.3, 0.4) is 0 Å². The third-order valence-electron chi connectivity index (χ3n) is 3.62. The van der Waals surface area contributed by atoms with Gasteiger partial charge in [-0.1, -0.05) is 48.6 Å². The molecule has 2 aromatic rings. The zero-order valence-corrected chi connectivity index (χ0v) is 14.7. The molecule has 0 aliphatic rings. The predicted molar refractivity (Wildman–Crippen MR) is 101 cm³/mol. The van der Waals surface area contributed by atoms with Crippen molar-refractivity contribution in [1.82, 2.24) is 5.32 Å². The molecule has 26 heavy (non-hydrogen) atoms. The van der Waals surface area contributed by atoms with Crippen molar-refractivity contribution < 1.29 is 14.3 Å². The van der Waals surface area contributed by atoms with E-state index in [-0.39, 0.29) is 5.57 Å². The SMILES string of the molecule is COc1ccc(/C=C/C=C(\C#N)C(=O)NCc2ccccc2)cc1OC. The van der Waals surface area contributed by atoms with E-state index in [0.29, 0.717) is 18.0 Å². The molecule has 132 valence electrons. The molecule has 0 atom stereocenters. The summed E-state index contributed by atoms with van der Waals surface area (Å²) in [6.45, 7) is 0.373. The van der Waals surface area contributed by atoms with Crippen LogP contribution in [0, 0.1) is 11.3 Å². The van der Waals surface area contributed by atoms with E-state index in [4.69, 9.17) is 9.47 Å². The van der Waals surface area contributed by atoms with Gasteiger partial charge in [-0.3, -0.25) is 4.79 Å². The lowest BCUT2D eigenvalue weighted by atomic mass is 10.1. The highest BCUT2D eigenvalue weighted by molar-refractivity contribution is 5.97. The molecule has 2 rings (SSSR count). The first-order valence-electron chi connectivity index (χ1n) is 8.00. The van der Waals surface area contributed by atoms with Gasteiger partial charge < -0.3 is 14.8 Å². The zero-order chi connectivity index (χ0) is 18.8. The standard InChI is InChI=1S/C21H20N2O3/c1-25-19-12-11-16(13-20(19)26-2)9-6-10-18(14-22)21(24)23-15-17-7-4-3-5-8-17/h3-13H,15H2,1-2H3,(H,23,24)/b9-6+,18-10+. The number of ether oxygens (including phenoxy) is 2. The zero-order valence-electron chi connectivity index (χ0n) is 14.7. The van der Waals surface area contributed by atoms with Crippen LogP contribution in [0.5, 0.6) is 11.5 Å². The second kappa shape index (κ2) is 9.70. The average molecular weight is 348 g/mol. The topological polar surface area (TPSA) is 71.3 Å². The third kappa shape index (κ3) is 5.25. The van der Waals surface area contributed by atoms with Gasteiger partial charge in [0.05, 0.1) is 14.2 Å². The Morgan fingerprint density at radius 3 is 2.50 bits per heavy atom. The first-order valence-corrected chi connectivity index (χ1v) is 8.00. The average Bonchev–Trinajstić information content (AvgIpc) is 2.70. The normalized spacial score (nSPS) is 11.0. The van der Waals surface area contributed by atoms with Crippen molar-refractivity contribution in [3.8, 4) is 17.6 Å². The first-order chi connectivity index (χ1) is 12.7. The Hall–Kier alpha value is -3.52. The number of hydrogen-bond donors (Lipinski definition) is 1. The summed E-state index contributed by atoms with van der Waals surface area (Å²) in [6.07, 6.45) is 4.92. The van der Waals surface area contributed by atoms with Crippen molar-refractivity contribution in [3.63, 3.8) is 0 Å². The van der Waals surface area contributed by atoms with Crippen LogP contribution in [0.25, 0.3) is 6.08 Å². The lowest BCUT2D eigenvalue weighted by molar-refractivity contribution is -0.117. The van der Waals surface area contributed by atoms with Gasteiger partial charge in [0.25, 0.3) is 5.91 Å². The number of amides is 1. The third-order valence-corrected chi connectivity index (χ3v) is 3.62. The number of carbonyl (C=O) groups is 1. The summed E-state index contributed by atoms with van der Waals surface area (Å²) in [5.74, 6) is 0.839. The summed E-state index contributed by atoms with van der Waals surface area (Å²) in [7, 11) is 3.14. The Morgan fingerprint density at radius 1 is 1.12 bits per heavy atom. The molecule has 0 unspecified atom stereocenters. The van der Waals surface area contributed by atoms with Crippen molar-refractivity contribution in [3.05, 3.63) is 77.4 Å². The van der Waals surface area contributed by atoms with Gasteiger partial charge in [0.1, 0.15) is 11.6 Å². The largest absolute Gasteiger partial charge is 0.493 e. The maximum absolute atomic E-state index is 12.1. The smallest absolute Gasteiger partial charge is 0.262 e. The van der Waals surface area contributed by atoms with Crippen LogP contribution in [0.15, 0.2) is 66.3 Å². The van der Waals surface area contributed by atoms with Gasteiger partial charge in [0.2, 0.25) is 0 Å². The fourth-order valence-corrected chi connectivity index (χ4v) is 2.25. The maximum Gasteiger partial charge on any atom is 0.262 e. The summed E-state index contributed by atoms with van der Waals surface area (Å²) < 4.78 is 10.4. The number of nitrogens with zero attached hydrogens (tertiary/aromatic N) is 1. The Kier molecular flexibility index (Phi) is 7.02. The van der Waals surface area contributed by atoms with Crippen molar-refractivity contribution >= 4 is 12.0 Å². The molecule has 5 nitrogen and oxygen atoms in total. The van der Waals surface area contributed by atoms with Crippen molar-refractivity contribution in [1.29, 1.82) is 5.26 Å². The Morgan fingerprint density at radius 2 is 1.85 bits per heavy atom. The van der Waals surface area contributed by atoms with Crippen LogP contribution in [0.2, 0.25) is 0 Å². The van der Waals surface area contributed by atoms with Crippen LogP contribution in [-0.4, -0.2) is 20.1 Å². The fourth-order valence-electron chi connectivity index (χ4n) is 2.25. The lowest BCUT2D eigenvalue weighted by Crippen LogP contribution is -2.23. The summed E-state index contributed by atoms with van der Waals surface area (Å²) in [6, 6.07) is 16.9. The van der Waals surface area contributed by atoms with Crippen molar-refractivity contribution in [2.24, 2.45) is 0 Å². The number of benzene rings is 2. The quantitative estimate of drug-likeness (QED) is 0.472. The number of nitriles is 1. The maximum atomic E-state index is 12.1. The highest BCUT2D eigenvalue weighted by Crippen LogP contribution is 2.27. The minimum atomic E-state index is -0.409. The second-order valence-electron chi connectivity index (χ2n) is 5.33. The van der Waals surface area contributed by atoms with E-state index in [0.717, 1.165) is 11.1 Å². The highest BCUT2D eigenvalue weighted by Gasteiger charge is 2.07. The monoisotopic (exact) mass is 348 g/mol. The molecule has 0 heterocycles. The highest BCUT2D eigenvalue weighted by atomic mass is 16.5. The molecule has 0 radical (unpaired) electrons. The van der Waals surface area contributed by atoms with Gasteiger partial charge in [0.15, 0.2) is 11.5 Å². The van der Waals surface area contributed by atoms with Crippen LogP contribution in [0.1, 0.15) is 11.1 Å². The van der Waals surface area contributed by atoms with Crippen molar-refractivity contribution in [2.75, 3.05) is 14.2 Å². The van der Waals surface area contributed by atoms with E-state index in [1.54, 1.807) is 32.4 Å². The molecule has 0 aliphatic carbocycles. The summed E-state index contributed by atoms with van der Waals surface area (Å²) in [5.41, 5.74) is 1.87. The van der Waals surface area contributed by atoms with Gasteiger partial charge in [-0.2, -0.15) is 5.26 Å². The predicted octanol–water partition coefficient (Wildman–Crippen LogP) is 3.48. The number of methoxy groups -OCH3 is 2. The number of hydrogen-bond acceptors (Lipinski definition) is 4. The molecule has 2 aromatic carbocycles. The molecule has 5 heteroatoms. The number of nitrogens with one attached hydrogen (secondary N) is 1. The van der Waals surface area contributed by atoms with Crippen LogP contribution in [-0.2, 0) is 11.3 Å². The van der Waals surface area contributed by atoms with Gasteiger partial charge in [0, 0.05) is 6.54 Å². The second-order valence-corrected chi connectivity index (χ2v) is 5.33. The number of carbonyl (C=O) groups excluding carboxylic acids is 1. The molecular formula is C21H20N2O3. The molecule has 0 saturated heterocycles. The Balaban J connectivity index is 2.03. The molecule has 0 aliphatic heterocycles. The molecular weight excluding hydrogens is 328 g/mol. The van der Waals surface area contributed by atoms with E-state index in [1.807, 2.05) is 48.5 Å². The molecule has 0 aromatic heterocycles. The van der Waals surface area contributed by atoms with Gasteiger partial charge in [-0.15, -0.1) is 0 Å². The molecule has 0 saturated carbocycles. The number of allylic oxidation sites excluding steroid dienone is 2. The molecule has 0 bridgehead atoms. The first kappa shape index (κ1) is 18.8. The van der Waals surface area contributed by atoms with E-state index in [2.05, 4.69) is 5.32 Å². The summed E-state index contributed by atoms with van der Waals surface area (Å²) in [4.78, 5) is 12.1. The van der Waals surface area contributed by atoms with E-state index in [1.165, 1.54) is 6.08 Å². The molecule has 0 spiro atoms. The lowest BCUT2D eigenvalue weighted by Gasteiger charge is -2.07. The molecule has 1 amide bonds. The molecule has 0 fully saturated rings. The van der Waals surface area contributed by atoms with Crippen LogP contribution < -0.4 is 14.8 Å². The summed E-state index contributed by atoms with van der Waals surface area (Å²) in [5, 5.41) is 11.9. The van der Waals surface area contributed by atoms with Gasteiger partial charge in [-0.05, 0) is 29.3 Å². The number of rotatable bonds is 7. The minimum Gasteiger partial charge on any atom is -0.493 e. The fraction of sp³-hybridized carbons (Fsp3) is 0.143. The van der Waals surface area contributed by atoms with Gasteiger partial charge in [-0.25, -0.2) is 0 Å². The summed E-state index contributed by atoms with van der Waals surface area (Å²) >= 11 is 0. The van der Waals surface area contributed by atoms with Crippen LogP contribution >= 0.6 is 0 Å². The van der Waals surface area contributed by atoms with Crippen LogP contribution in [0.4, 0.5) is 0 Å². The van der Waals surface area contributed by atoms with E-state index >= 15 is 0 Å². The van der Waals surface area contributed by atoms with E-state index < -0.39 is 5.91 Å². The minimum absolute atomic E-state index is 0.0395. The Labute approximate surface area is 153 Å². The Bertz CT molecular complexity index is 849. The van der Waals surface area contributed by atoms with E-state index in [9.17, 15) is 10.1 Å².